The van der Waals surface area contributed by atoms with Crippen LogP contribution in [0.25, 0.3) is 0 Å². The molecule has 222 valence electrons. The van der Waals surface area contributed by atoms with Gasteiger partial charge < -0.3 is 15.2 Å². The van der Waals surface area contributed by atoms with Gasteiger partial charge in [-0.15, -0.1) is 0 Å². The van der Waals surface area contributed by atoms with E-state index in [1.807, 2.05) is 0 Å². The summed E-state index contributed by atoms with van der Waals surface area (Å²) in [6.45, 7) is -4.78. The van der Waals surface area contributed by atoms with Crippen LogP contribution in [0.15, 0.2) is 30.3 Å². The highest BCUT2D eigenvalue weighted by molar-refractivity contribution is 5.15. The van der Waals surface area contributed by atoms with Gasteiger partial charge in [0.15, 0.2) is 0 Å². The van der Waals surface area contributed by atoms with Crippen molar-refractivity contribution in [3.05, 3.63) is 35.9 Å². The minimum Gasteiger partial charge on any atom is -0.389 e. The molecular weight excluding hydrogens is 578 g/mol. The molecule has 1 aromatic rings. The van der Waals surface area contributed by atoms with Gasteiger partial charge in [-0.25, -0.2) is 8.78 Å². The maximum atomic E-state index is 13.7. The van der Waals surface area contributed by atoms with E-state index in [9.17, 15) is 75.4 Å². The molecule has 0 aliphatic rings. The number of alkyl halides is 16. The van der Waals surface area contributed by atoms with E-state index in [1.165, 1.54) is 0 Å². The molecule has 1 unspecified atom stereocenters. The summed E-state index contributed by atoms with van der Waals surface area (Å²) in [4.78, 5) is 0. The minimum absolute atomic E-state index is 0.0664. The highest BCUT2D eigenvalue weighted by Crippen LogP contribution is 2.62. The summed E-state index contributed by atoms with van der Waals surface area (Å²) in [7, 11) is 0. The maximum Gasteiger partial charge on any atom is 0.384 e. The van der Waals surface area contributed by atoms with Gasteiger partial charge in [-0.1, -0.05) is 30.3 Å². The van der Waals surface area contributed by atoms with E-state index in [0.717, 1.165) is 0 Å². The number of hydrogen-bond acceptors (Lipinski definition) is 3. The normalized spacial score (nSPS) is 15.7. The fourth-order valence-electron chi connectivity index (χ4n) is 2.62. The number of nitrogens with one attached hydrogen (secondary N) is 1. The Kier molecular flexibility index (Phi) is 10.0. The van der Waals surface area contributed by atoms with Crippen LogP contribution in [-0.2, 0) is 11.3 Å². The van der Waals surface area contributed by atoms with Crippen LogP contribution in [0, 0.1) is 0 Å². The molecule has 0 saturated heterocycles. The zero-order chi connectivity index (χ0) is 30.0. The minimum atomic E-state index is -8.45. The fourth-order valence-corrected chi connectivity index (χ4v) is 2.62. The van der Waals surface area contributed by atoms with Crippen LogP contribution < -0.4 is 5.32 Å². The van der Waals surface area contributed by atoms with Crippen molar-refractivity contribution in [2.24, 2.45) is 0 Å². The lowest BCUT2D eigenvalue weighted by Gasteiger charge is -2.42. The number of aliphatic hydroxyl groups is 1. The Morgan fingerprint density at radius 3 is 1.61 bits per heavy atom. The van der Waals surface area contributed by atoms with Gasteiger partial charge >= 0.3 is 47.9 Å². The Hall–Kier alpha value is -2.02. The number of hydrogen-bond donors (Lipinski definition) is 2. The molecule has 0 radical (unpaired) electrons. The van der Waals surface area contributed by atoms with E-state index in [4.69, 9.17) is 0 Å². The number of aliphatic hydroxyl groups excluding tert-OH is 1. The van der Waals surface area contributed by atoms with Crippen molar-refractivity contribution in [1.82, 2.24) is 5.32 Å². The first-order valence-corrected chi connectivity index (χ1v) is 9.85. The number of benzene rings is 1. The van der Waals surface area contributed by atoms with Gasteiger partial charge in [-0.2, -0.15) is 61.5 Å². The highest BCUT2D eigenvalue weighted by atomic mass is 19.4. The summed E-state index contributed by atoms with van der Waals surface area (Å²) in [6.07, 6.45) is -7.71. The third-order valence-electron chi connectivity index (χ3n) is 4.87. The molecule has 0 amide bonds. The zero-order valence-electron chi connectivity index (χ0n) is 18.3. The summed E-state index contributed by atoms with van der Waals surface area (Å²) in [5.74, 6) is -55.0. The summed E-state index contributed by atoms with van der Waals surface area (Å²) in [5, 5.41) is 12.1. The third kappa shape index (κ3) is 5.93. The van der Waals surface area contributed by atoms with E-state index in [2.05, 4.69) is 10.1 Å². The molecular formula is C19H17F16NO2. The van der Waals surface area contributed by atoms with E-state index in [1.54, 1.807) is 30.3 Å². The first-order valence-electron chi connectivity index (χ1n) is 9.85. The largest absolute Gasteiger partial charge is 0.389 e. The summed E-state index contributed by atoms with van der Waals surface area (Å²) >= 11 is 0. The second kappa shape index (κ2) is 11.2. The highest BCUT2D eigenvalue weighted by Gasteiger charge is 2.93. The van der Waals surface area contributed by atoms with E-state index in [0.29, 0.717) is 5.56 Å². The van der Waals surface area contributed by atoms with Crippen LogP contribution in [0.1, 0.15) is 5.56 Å². The third-order valence-corrected chi connectivity index (χ3v) is 4.87. The van der Waals surface area contributed by atoms with Gasteiger partial charge in [0, 0.05) is 13.1 Å². The molecule has 19 heteroatoms. The second-order valence-corrected chi connectivity index (χ2v) is 7.79. The molecule has 0 bridgehead atoms. The lowest BCUT2D eigenvalue weighted by Crippen LogP contribution is -2.74. The predicted octanol–water partition coefficient (Wildman–Crippen LogP) is 5.87. The summed E-state index contributed by atoms with van der Waals surface area (Å²) in [6, 6.07) is 8.07. The number of halogens is 16. The van der Waals surface area contributed by atoms with Gasteiger partial charge in [0.1, 0.15) is 6.61 Å². The zero-order valence-corrected chi connectivity index (χ0v) is 18.3. The molecule has 0 spiro atoms. The van der Waals surface area contributed by atoms with Crippen molar-refractivity contribution < 1.29 is 80.1 Å². The van der Waals surface area contributed by atoms with Crippen LogP contribution in [0.5, 0.6) is 0 Å². The van der Waals surface area contributed by atoms with E-state index < -0.39 is 73.7 Å². The Bertz CT molecular complexity index is 894. The summed E-state index contributed by atoms with van der Waals surface area (Å²) < 4.78 is 216. The van der Waals surface area contributed by atoms with Gasteiger partial charge in [0.25, 0.3) is 0 Å². The lowest BCUT2D eigenvalue weighted by molar-refractivity contribution is -0.448. The molecule has 2 N–H and O–H groups in total. The lowest BCUT2D eigenvalue weighted by atomic mass is 9.89. The Balaban J connectivity index is 3.00. The van der Waals surface area contributed by atoms with Crippen molar-refractivity contribution in [3.8, 4) is 0 Å². The first kappa shape index (κ1) is 34.0. The van der Waals surface area contributed by atoms with E-state index >= 15 is 0 Å². The molecule has 38 heavy (non-hydrogen) atoms. The maximum absolute atomic E-state index is 13.7. The van der Waals surface area contributed by atoms with Crippen molar-refractivity contribution in [1.29, 1.82) is 0 Å². The molecule has 0 fully saturated rings. The van der Waals surface area contributed by atoms with Crippen LogP contribution in [0.3, 0.4) is 0 Å². The average molecular weight is 595 g/mol. The Labute approximate surface area is 202 Å². The van der Waals surface area contributed by atoms with Crippen molar-refractivity contribution in [3.63, 3.8) is 0 Å². The first-order chi connectivity index (χ1) is 16.9. The Morgan fingerprint density at radius 1 is 0.684 bits per heavy atom. The quantitative estimate of drug-likeness (QED) is 0.250. The molecule has 1 aromatic carbocycles. The number of rotatable bonds is 15. The molecule has 1 rings (SSSR count). The Morgan fingerprint density at radius 2 is 1.13 bits per heavy atom. The topological polar surface area (TPSA) is 41.5 Å². The standard InChI is InChI=1S/C19H17F16NO2/c20-12(21)14(24,25)16(28,29)18(32,33)19(34,35)17(30,31)15(26,27)13(22,23)9-38-8-11(37)7-36-6-10-4-2-1-3-5-10/h1-5,11-12,36-37H,6-9H2. The average Bonchev–Trinajstić information content (AvgIpc) is 2.78. The van der Waals surface area contributed by atoms with Crippen LogP contribution in [0.4, 0.5) is 70.2 Å². The van der Waals surface area contributed by atoms with Gasteiger partial charge in [-0.3, -0.25) is 0 Å². The second-order valence-electron chi connectivity index (χ2n) is 7.79. The van der Waals surface area contributed by atoms with E-state index in [-0.39, 0.29) is 6.54 Å². The molecule has 0 aliphatic heterocycles. The van der Waals surface area contributed by atoms with Crippen molar-refractivity contribution in [2.75, 3.05) is 19.8 Å². The predicted molar refractivity (Wildman–Crippen MR) is 95.6 cm³/mol. The SMILES string of the molecule is OC(CNCc1ccccc1)COCC(F)(F)C(F)(F)C(F)(F)C(F)(F)C(F)(F)C(F)(F)C(F)(F)C(F)F. The molecule has 1 atom stereocenters. The van der Waals surface area contributed by atoms with Crippen LogP contribution >= 0.6 is 0 Å². The van der Waals surface area contributed by atoms with Gasteiger partial charge in [0.2, 0.25) is 0 Å². The number of ether oxygens (including phenoxy) is 1. The monoisotopic (exact) mass is 595 g/mol. The van der Waals surface area contributed by atoms with Crippen molar-refractivity contribution in [2.45, 2.75) is 60.5 Å². The molecule has 0 aliphatic carbocycles. The smallest absolute Gasteiger partial charge is 0.384 e. The molecule has 0 saturated carbocycles. The summed E-state index contributed by atoms with van der Waals surface area (Å²) in [5.41, 5.74) is 0.642. The molecule has 3 nitrogen and oxygen atoms in total. The van der Waals surface area contributed by atoms with Gasteiger partial charge in [-0.05, 0) is 5.56 Å². The van der Waals surface area contributed by atoms with Crippen molar-refractivity contribution >= 4 is 0 Å². The van der Waals surface area contributed by atoms with Gasteiger partial charge in [0.05, 0.1) is 12.7 Å². The van der Waals surface area contributed by atoms with Crippen LogP contribution in [-0.4, -0.2) is 78.9 Å². The fraction of sp³-hybridized carbons (Fsp3) is 0.684. The molecule has 0 aromatic heterocycles. The molecule has 0 heterocycles. The van der Waals surface area contributed by atoms with Crippen LogP contribution in [0.2, 0.25) is 0 Å².